The van der Waals surface area contributed by atoms with Crippen LogP contribution in [0, 0.1) is 5.92 Å². The number of likely N-dealkylation sites (N-methyl/N-ethyl adjacent to an activating group) is 1. The molecule has 0 spiro atoms. The van der Waals surface area contributed by atoms with Crippen molar-refractivity contribution in [3.63, 3.8) is 0 Å². The number of phosphoric ester groups is 1. The molecule has 158 valence electrons. The van der Waals surface area contributed by atoms with Crippen molar-refractivity contribution >= 4 is 7.82 Å². The Morgan fingerprint density at radius 3 is 1.96 bits per heavy atom. The number of nitrogens with zero attached hydrogens (tertiary/aromatic N) is 1. The zero-order valence-corrected chi connectivity index (χ0v) is 18.7. The lowest BCUT2D eigenvalue weighted by Crippen LogP contribution is -2.37. The summed E-state index contributed by atoms with van der Waals surface area (Å²) in [5.41, 5.74) is 0. The molecule has 1 rings (SSSR count). The van der Waals surface area contributed by atoms with Crippen LogP contribution in [0.2, 0.25) is 0 Å². The predicted octanol–water partition coefficient (Wildman–Crippen LogP) is 5.51. The highest BCUT2D eigenvalue weighted by molar-refractivity contribution is 7.46. The second kappa shape index (κ2) is 15.0. The monoisotopic (exact) mass is 394 g/mol. The maximum absolute atomic E-state index is 10.2. The number of phosphoric acid groups is 1. The molecule has 0 unspecified atom stereocenters. The lowest BCUT2D eigenvalue weighted by Gasteiger charge is -2.23. The Balaban J connectivity index is 0.000000508. The van der Waals surface area contributed by atoms with Gasteiger partial charge in [0.1, 0.15) is 13.2 Å². The summed E-state index contributed by atoms with van der Waals surface area (Å²) in [5, 5.41) is 0. The molecule has 1 aliphatic rings. The van der Waals surface area contributed by atoms with Crippen molar-refractivity contribution in [2.24, 2.45) is 5.92 Å². The minimum atomic E-state index is -4.26. The van der Waals surface area contributed by atoms with Crippen LogP contribution >= 0.6 is 7.82 Å². The molecule has 0 aromatic carbocycles. The largest absolute Gasteiger partial charge is 0.469 e. The van der Waals surface area contributed by atoms with Gasteiger partial charge in [0.05, 0.1) is 21.1 Å². The molecule has 2 N–H and O–H groups in total. The van der Waals surface area contributed by atoms with Gasteiger partial charge < -0.3 is 14.3 Å². The van der Waals surface area contributed by atoms with Crippen LogP contribution < -0.4 is 0 Å². The van der Waals surface area contributed by atoms with E-state index in [0.29, 0.717) is 11.0 Å². The highest BCUT2D eigenvalue weighted by Gasteiger charge is 2.16. The fourth-order valence-electron chi connectivity index (χ4n) is 3.30. The van der Waals surface area contributed by atoms with E-state index < -0.39 is 7.82 Å². The summed E-state index contributed by atoms with van der Waals surface area (Å²) < 4.78 is 15.1. The Morgan fingerprint density at radius 1 is 0.923 bits per heavy atom. The van der Waals surface area contributed by atoms with Gasteiger partial charge in [-0.15, -0.1) is 0 Å². The molecule has 0 aliphatic heterocycles. The Morgan fingerprint density at radius 2 is 1.46 bits per heavy atom. The fourth-order valence-corrected chi connectivity index (χ4v) is 3.62. The minimum absolute atomic E-state index is 0.0772. The molecule has 0 aromatic rings. The molecule has 0 saturated heterocycles. The quantitative estimate of drug-likeness (QED) is 0.291. The number of unbranched alkanes of at least 4 members (excludes halogenated alkanes) is 4. The average Bonchev–Trinajstić information content (AvgIpc) is 2.46. The van der Waals surface area contributed by atoms with Crippen molar-refractivity contribution in [1.82, 2.24) is 0 Å². The molecule has 0 bridgehead atoms. The standard InChI is InChI=1S/C15H30.C5H14NO4P/c1-2-3-4-6-9-12-15-13-10-7-5-8-11-14-15;1-6(2,3)4-5-10-11(7,8)9/h15H,2-14H2,1H3;4-5H2,1-3H3,(H-,7,8,9)/p+1. The van der Waals surface area contributed by atoms with Crippen molar-refractivity contribution in [3.05, 3.63) is 0 Å². The van der Waals surface area contributed by atoms with Gasteiger partial charge in [-0.3, -0.25) is 4.52 Å². The predicted molar refractivity (Wildman–Crippen MR) is 110 cm³/mol. The summed E-state index contributed by atoms with van der Waals surface area (Å²) in [6, 6.07) is 0. The summed E-state index contributed by atoms with van der Waals surface area (Å²) in [5.74, 6) is 1.09. The lowest BCUT2D eigenvalue weighted by molar-refractivity contribution is -0.870. The second-order valence-electron chi connectivity index (χ2n) is 8.75. The molecule has 1 saturated carbocycles. The van der Waals surface area contributed by atoms with E-state index in [4.69, 9.17) is 9.79 Å². The van der Waals surface area contributed by atoms with Crippen LogP contribution in [-0.2, 0) is 9.09 Å². The minimum Gasteiger partial charge on any atom is -0.329 e. The normalized spacial score (nSPS) is 17.2. The van der Waals surface area contributed by atoms with Crippen molar-refractivity contribution < 1.29 is 23.4 Å². The Bertz CT molecular complexity index is 357. The van der Waals surface area contributed by atoms with E-state index in [0.717, 1.165) is 5.92 Å². The molecule has 6 heteroatoms. The highest BCUT2D eigenvalue weighted by Crippen LogP contribution is 2.35. The van der Waals surface area contributed by atoms with Gasteiger partial charge in [-0.05, 0) is 5.92 Å². The summed E-state index contributed by atoms with van der Waals surface area (Å²) in [6.45, 7) is 2.95. The third-order valence-electron chi connectivity index (χ3n) is 4.96. The zero-order valence-electron chi connectivity index (χ0n) is 17.8. The molecule has 0 heterocycles. The molecule has 0 aromatic heterocycles. The van der Waals surface area contributed by atoms with Crippen LogP contribution in [0.4, 0.5) is 0 Å². The van der Waals surface area contributed by atoms with Crippen LogP contribution in [0.1, 0.15) is 90.4 Å². The van der Waals surface area contributed by atoms with Crippen LogP contribution in [0.25, 0.3) is 0 Å². The van der Waals surface area contributed by atoms with E-state index in [9.17, 15) is 4.57 Å². The lowest BCUT2D eigenvalue weighted by atomic mass is 9.87. The number of hydrogen-bond acceptors (Lipinski definition) is 2. The van der Waals surface area contributed by atoms with Gasteiger partial charge in [0.2, 0.25) is 0 Å². The SMILES string of the molecule is CCCCCCCC1CCCCCCC1.C[N+](C)(C)CCOP(=O)(O)O. The van der Waals surface area contributed by atoms with Gasteiger partial charge in [-0.2, -0.15) is 0 Å². The summed E-state index contributed by atoms with van der Waals surface area (Å²) >= 11 is 0. The maximum Gasteiger partial charge on any atom is 0.469 e. The first-order chi connectivity index (χ1) is 12.1. The second-order valence-corrected chi connectivity index (χ2v) is 9.99. The molecule has 0 amide bonds. The van der Waals surface area contributed by atoms with E-state index in [1.54, 1.807) is 0 Å². The van der Waals surface area contributed by atoms with Crippen LogP contribution in [0.5, 0.6) is 0 Å². The first kappa shape index (κ1) is 26.1. The molecular weight excluding hydrogens is 349 g/mol. The highest BCUT2D eigenvalue weighted by atomic mass is 31.2. The Labute approximate surface area is 162 Å². The third-order valence-corrected chi connectivity index (χ3v) is 5.48. The number of hydrogen-bond donors (Lipinski definition) is 2. The van der Waals surface area contributed by atoms with Gasteiger partial charge in [0.15, 0.2) is 0 Å². The van der Waals surface area contributed by atoms with Gasteiger partial charge in [-0.1, -0.05) is 90.4 Å². The summed E-state index contributed by atoms with van der Waals surface area (Å²) in [7, 11) is 1.50. The molecule has 26 heavy (non-hydrogen) atoms. The smallest absolute Gasteiger partial charge is 0.329 e. The van der Waals surface area contributed by atoms with Crippen molar-refractivity contribution in [1.29, 1.82) is 0 Å². The first-order valence-electron chi connectivity index (χ1n) is 10.6. The van der Waals surface area contributed by atoms with Crippen molar-refractivity contribution in [3.8, 4) is 0 Å². The molecule has 1 aliphatic carbocycles. The van der Waals surface area contributed by atoms with E-state index >= 15 is 0 Å². The van der Waals surface area contributed by atoms with Crippen LogP contribution in [-0.4, -0.2) is 48.6 Å². The topological polar surface area (TPSA) is 66.8 Å². The van der Waals surface area contributed by atoms with E-state index in [1.807, 2.05) is 21.1 Å². The summed E-state index contributed by atoms with van der Waals surface area (Å²) in [6.07, 6.45) is 19.4. The fraction of sp³-hybridized carbons (Fsp3) is 1.00. The first-order valence-corrected chi connectivity index (χ1v) is 12.2. The number of quaternary nitrogens is 1. The molecule has 5 nitrogen and oxygen atoms in total. The zero-order chi connectivity index (χ0) is 19.9. The van der Waals surface area contributed by atoms with Gasteiger partial charge in [-0.25, -0.2) is 4.57 Å². The van der Waals surface area contributed by atoms with Crippen LogP contribution in [0.15, 0.2) is 0 Å². The third kappa shape index (κ3) is 20.4. The van der Waals surface area contributed by atoms with Crippen molar-refractivity contribution in [2.75, 3.05) is 34.3 Å². The molecule has 1 fully saturated rings. The van der Waals surface area contributed by atoms with E-state index in [1.165, 1.54) is 83.5 Å². The van der Waals surface area contributed by atoms with E-state index in [2.05, 4.69) is 11.4 Å². The Kier molecular flexibility index (Phi) is 15.1. The van der Waals surface area contributed by atoms with Gasteiger partial charge in [0, 0.05) is 0 Å². The summed E-state index contributed by atoms with van der Waals surface area (Å²) in [4.78, 5) is 16.6. The van der Waals surface area contributed by atoms with E-state index in [-0.39, 0.29) is 6.61 Å². The van der Waals surface area contributed by atoms with Crippen LogP contribution in [0.3, 0.4) is 0 Å². The molecule has 0 radical (unpaired) electrons. The Hall–Kier alpha value is 0.0700. The van der Waals surface area contributed by atoms with Gasteiger partial charge >= 0.3 is 7.82 Å². The average molecular weight is 395 g/mol. The number of rotatable bonds is 10. The maximum atomic E-state index is 10.2. The molecule has 0 atom stereocenters. The van der Waals surface area contributed by atoms with Crippen molar-refractivity contribution in [2.45, 2.75) is 90.4 Å². The van der Waals surface area contributed by atoms with Gasteiger partial charge in [0.25, 0.3) is 0 Å². The molecular formula is C20H45NO4P+.